The minimum atomic E-state index is -0.818. The van der Waals surface area contributed by atoms with Crippen molar-refractivity contribution in [3.63, 3.8) is 0 Å². The molecule has 0 aliphatic rings. The number of allylic oxidation sites excluding steroid dienone is 22. The van der Waals surface area contributed by atoms with E-state index in [1.165, 1.54) is 89.9 Å². The second-order valence-corrected chi connectivity index (χ2v) is 19.5. The summed E-state index contributed by atoms with van der Waals surface area (Å²) in [5.41, 5.74) is 0. The van der Waals surface area contributed by atoms with E-state index in [2.05, 4.69) is 142 Å². The Morgan fingerprint density at radius 2 is 0.554 bits per heavy atom. The van der Waals surface area contributed by atoms with Crippen molar-refractivity contribution in [1.29, 1.82) is 0 Å². The minimum absolute atomic E-state index is 0.109. The predicted octanol–water partition coefficient (Wildman–Crippen LogP) is 20.6. The molecule has 0 aromatic carbocycles. The van der Waals surface area contributed by atoms with Crippen LogP contribution in [0.5, 0.6) is 0 Å². The average molecular weight is 1020 g/mol. The maximum absolute atomic E-state index is 12.8. The van der Waals surface area contributed by atoms with Crippen LogP contribution in [-0.4, -0.2) is 37.2 Å². The molecule has 0 spiro atoms. The van der Waals surface area contributed by atoms with E-state index < -0.39 is 6.10 Å². The van der Waals surface area contributed by atoms with Crippen LogP contribution in [0, 0.1) is 0 Å². The summed E-state index contributed by atoms with van der Waals surface area (Å²) in [5.74, 6) is -1.01. The van der Waals surface area contributed by atoms with Crippen molar-refractivity contribution in [3.05, 3.63) is 134 Å². The van der Waals surface area contributed by atoms with Gasteiger partial charge in [0.15, 0.2) is 6.10 Å². The lowest BCUT2D eigenvalue weighted by Gasteiger charge is -2.18. The Hall–Kier alpha value is -4.45. The van der Waals surface area contributed by atoms with Gasteiger partial charge in [0.1, 0.15) is 13.2 Å². The molecule has 0 bridgehead atoms. The third-order valence-electron chi connectivity index (χ3n) is 12.4. The minimum Gasteiger partial charge on any atom is -0.462 e. The molecule has 1 atom stereocenters. The van der Waals surface area contributed by atoms with Crippen molar-refractivity contribution in [1.82, 2.24) is 0 Å². The molecular weight excluding hydrogens is 913 g/mol. The summed E-state index contributed by atoms with van der Waals surface area (Å²) in [6.07, 6.45) is 86.2. The van der Waals surface area contributed by atoms with Crippen molar-refractivity contribution < 1.29 is 28.6 Å². The molecule has 0 radical (unpaired) electrons. The van der Waals surface area contributed by atoms with Crippen LogP contribution in [0.1, 0.15) is 258 Å². The van der Waals surface area contributed by atoms with E-state index >= 15 is 0 Å². The average Bonchev–Trinajstić information content (AvgIpc) is 3.40. The second-order valence-electron chi connectivity index (χ2n) is 19.5. The zero-order chi connectivity index (χ0) is 53.6. The molecule has 0 aromatic rings. The number of hydrogen-bond donors (Lipinski definition) is 0. The Balaban J connectivity index is 4.30. The Morgan fingerprint density at radius 1 is 0.284 bits per heavy atom. The maximum Gasteiger partial charge on any atom is 0.306 e. The van der Waals surface area contributed by atoms with Gasteiger partial charge in [-0.3, -0.25) is 14.4 Å². The van der Waals surface area contributed by atoms with Crippen LogP contribution in [-0.2, 0) is 28.6 Å². The Bertz CT molecular complexity index is 1600. The molecular formula is C68H110O6. The molecule has 6 nitrogen and oxygen atoms in total. The van der Waals surface area contributed by atoms with Crippen molar-refractivity contribution in [2.75, 3.05) is 13.2 Å². The van der Waals surface area contributed by atoms with Crippen LogP contribution in [0.2, 0.25) is 0 Å². The maximum atomic E-state index is 12.8. The van der Waals surface area contributed by atoms with Crippen LogP contribution in [0.25, 0.3) is 0 Å². The Labute approximate surface area is 455 Å². The summed E-state index contributed by atoms with van der Waals surface area (Å²) in [5, 5.41) is 0. The van der Waals surface area contributed by atoms with E-state index in [0.29, 0.717) is 19.3 Å². The third kappa shape index (κ3) is 58.4. The number of esters is 3. The highest BCUT2D eigenvalue weighted by molar-refractivity contribution is 5.71. The van der Waals surface area contributed by atoms with Gasteiger partial charge in [0.05, 0.1) is 0 Å². The number of ether oxygens (including phenoxy) is 3. The van der Waals surface area contributed by atoms with E-state index in [4.69, 9.17) is 14.2 Å². The van der Waals surface area contributed by atoms with E-state index in [0.717, 1.165) is 122 Å². The molecule has 0 rings (SSSR count). The summed E-state index contributed by atoms with van der Waals surface area (Å²) in [4.78, 5) is 38.1. The molecule has 0 fully saturated rings. The second kappa shape index (κ2) is 61.1. The normalized spacial score (nSPS) is 13.1. The summed E-state index contributed by atoms with van der Waals surface area (Å²) in [6.45, 7) is 6.29. The van der Waals surface area contributed by atoms with Gasteiger partial charge in [-0.25, -0.2) is 0 Å². The number of unbranched alkanes of at least 4 members (excludes halogenated alkanes) is 20. The summed E-state index contributed by atoms with van der Waals surface area (Å²) >= 11 is 0. The quantitative estimate of drug-likeness (QED) is 0.0261. The Kier molecular flexibility index (Phi) is 57.4. The van der Waals surface area contributed by atoms with Gasteiger partial charge >= 0.3 is 17.9 Å². The summed E-state index contributed by atoms with van der Waals surface area (Å²) in [7, 11) is 0. The number of carbonyl (C=O) groups is 3. The standard InChI is InChI=1S/C68H110O6/c1-4-7-10-13-16-19-22-25-27-28-29-30-31-32-33-34-35-36-37-38-39-40-41-44-46-49-52-55-58-61-67(70)73-64-65(63-72-66(69)60-57-54-51-48-45-42-24-21-18-15-12-9-6-3)74-68(71)62-59-56-53-50-47-43-26-23-20-17-14-11-8-5-2/h7,9-10,12,14,16-19,21,23,25-27,29-30,32-33,42,45,51,54,65H,4-6,8,11,13,15,20,22,24,28,31,34-41,43-44,46-50,52-53,55-64H2,1-3H3/b10-7-,12-9-,17-14-,19-16-,21-18-,26-23-,27-25-,30-29-,33-32-,45-42-,54-51-. The fourth-order valence-electron chi connectivity index (χ4n) is 7.91. The highest BCUT2D eigenvalue weighted by Gasteiger charge is 2.19. The van der Waals surface area contributed by atoms with Gasteiger partial charge in [-0.2, -0.15) is 0 Å². The molecule has 6 heteroatoms. The van der Waals surface area contributed by atoms with Crippen LogP contribution in [0.15, 0.2) is 134 Å². The van der Waals surface area contributed by atoms with Gasteiger partial charge in [-0.1, -0.05) is 257 Å². The lowest BCUT2D eigenvalue weighted by molar-refractivity contribution is -0.166. The molecule has 0 aliphatic carbocycles. The number of rotatable bonds is 53. The zero-order valence-electron chi connectivity index (χ0n) is 47.8. The SMILES string of the molecule is CC/C=C\C/C=C\C/C=C\C/C=C\C/C=C\CCCCCCCCCCCCCCCC(=O)OCC(COC(=O)CC/C=C\C/C=C\C/C=C\C/C=C\CC)OC(=O)CCCCCCC/C=C\C/C=C\CCCC. The highest BCUT2D eigenvalue weighted by atomic mass is 16.6. The topological polar surface area (TPSA) is 78.9 Å². The molecule has 0 aliphatic heterocycles. The molecule has 418 valence electrons. The number of carbonyl (C=O) groups excluding carboxylic acids is 3. The molecule has 0 heterocycles. The van der Waals surface area contributed by atoms with E-state index in [1.807, 2.05) is 12.2 Å². The molecule has 1 unspecified atom stereocenters. The van der Waals surface area contributed by atoms with Crippen molar-refractivity contribution in [2.24, 2.45) is 0 Å². The molecule has 74 heavy (non-hydrogen) atoms. The van der Waals surface area contributed by atoms with Gasteiger partial charge in [0.2, 0.25) is 0 Å². The first-order chi connectivity index (χ1) is 36.5. The largest absolute Gasteiger partial charge is 0.462 e. The smallest absolute Gasteiger partial charge is 0.306 e. The van der Waals surface area contributed by atoms with Crippen LogP contribution < -0.4 is 0 Å². The molecule has 0 amide bonds. The first-order valence-electron chi connectivity index (χ1n) is 30.2. The van der Waals surface area contributed by atoms with Crippen LogP contribution in [0.3, 0.4) is 0 Å². The lowest BCUT2D eigenvalue weighted by Crippen LogP contribution is -2.30. The van der Waals surface area contributed by atoms with Crippen molar-refractivity contribution >= 4 is 17.9 Å². The van der Waals surface area contributed by atoms with Gasteiger partial charge in [-0.15, -0.1) is 0 Å². The van der Waals surface area contributed by atoms with Crippen LogP contribution >= 0.6 is 0 Å². The van der Waals surface area contributed by atoms with Gasteiger partial charge in [0.25, 0.3) is 0 Å². The number of hydrogen-bond acceptors (Lipinski definition) is 6. The predicted molar refractivity (Wildman–Crippen MR) is 320 cm³/mol. The van der Waals surface area contributed by atoms with Crippen molar-refractivity contribution in [2.45, 2.75) is 264 Å². The lowest BCUT2D eigenvalue weighted by atomic mass is 10.0. The zero-order valence-corrected chi connectivity index (χ0v) is 47.8. The molecule has 0 N–H and O–H groups in total. The Morgan fingerprint density at radius 3 is 0.905 bits per heavy atom. The monoisotopic (exact) mass is 1020 g/mol. The summed E-state index contributed by atoms with van der Waals surface area (Å²) < 4.78 is 16.8. The van der Waals surface area contributed by atoms with E-state index in [9.17, 15) is 14.4 Å². The van der Waals surface area contributed by atoms with Crippen LogP contribution in [0.4, 0.5) is 0 Å². The van der Waals surface area contributed by atoms with Gasteiger partial charge < -0.3 is 14.2 Å². The van der Waals surface area contributed by atoms with E-state index in [-0.39, 0.29) is 37.5 Å². The third-order valence-corrected chi connectivity index (χ3v) is 12.4. The molecule has 0 saturated carbocycles. The highest BCUT2D eigenvalue weighted by Crippen LogP contribution is 2.15. The fourth-order valence-corrected chi connectivity index (χ4v) is 7.91. The van der Waals surface area contributed by atoms with Crippen molar-refractivity contribution in [3.8, 4) is 0 Å². The van der Waals surface area contributed by atoms with Gasteiger partial charge in [0, 0.05) is 19.3 Å². The molecule has 0 saturated heterocycles. The van der Waals surface area contributed by atoms with E-state index in [1.54, 1.807) is 0 Å². The van der Waals surface area contributed by atoms with Gasteiger partial charge in [-0.05, 0) is 116 Å². The first kappa shape index (κ1) is 69.5. The molecule has 0 aromatic heterocycles. The first-order valence-corrected chi connectivity index (χ1v) is 30.2. The summed E-state index contributed by atoms with van der Waals surface area (Å²) in [6, 6.07) is 0. The fraction of sp³-hybridized carbons (Fsp3) is 0.632.